The summed E-state index contributed by atoms with van der Waals surface area (Å²) >= 11 is 5.76. The number of halogens is 1. The van der Waals surface area contributed by atoms with Crippen molar-refractivity contribution in [3.63, 3.8) is 0 Å². The molecule has 1 aromatic carbocycles. The number of Topliss-reactive ketones (excluding diaryl/α,β-unsaturated/α-hetero) is 1. The number of carbonyl (C=O) groups excluding carboxylic acids is 4. The molecule has 1 aliphatic heterocycles. The fourth-order valence-electron chi connectivity index (χ4n) is 3.59. The summed E-state index contributed by atoms with van der Waals surface area (Å²) in [4.78, 5) is 49.7. The first kappa shape index (κ1) is 18.6. The zero-order valence-electron chi connectivity index (χ0n) is 14.3. The van der Waals surface area contributed by atoms with Crippen LogP contribution in [0.4, 0.5) is 0 Å². The molecule has 0 bridgehead atoms. The number of carbonyl (C=O) groups is 4. The molecule has 1 saturated heterocycles. The monoisotopic (exact) mass is 377 g/mol. The molecule has 1 heterocycles. The highest BCUT2D eigenvalue weighted by Gasteiger charge is 2.47. The Kier molecular flexibility index (Phi) is 5.71. The van der Waals surface area contributed by atoms with E-state index in [0.29, 0.717) is 10.6 Å². The van der Waals surface area contributed by atoms with Crippen molar-refractivity contribution >= 4 is 35.2 Å². The number of rotatable bonds is 6. The Morgan fingerprint density at radius 2 is 1.62 bits per heavy atom. The van der Waals surface area contributed by atoms with Crippen LogP contribution in [0, 0.1) is 11.8 Å². The molecule has 2 aliphatic rings. The van der Waals surface area contributed by atoms with Gasteiger partial charge in [-0.1, -0.05) is 24.4 Å². The van der Waals surface area contributed by atoms with Crippen molar-refractivity contribution in [1.29, 1.82) is 0 Å². The van der Waals surface area contributed by atoms with Crippen LogP contribution in [-0.2, 0) is 19.1 Å². The SMILES string of the molecule is O=C(CCN1C(=O)[C@H]2CCCC[C@H]2C1=O)OCC(=O)c1ccc(Cl)cc1. The van der Waals surface area contributed by atoms with Crippen LogP contribution in [-0.4, -0.2) is 41.6 Å². The third-order valence-electron chi connectivity index (χ3n) is 5.00. The first-order valence-corrected chi connectivity index (χ1v) is 9.15. The number of esters is 1. The van der Waals surface area contributed by atoms with Gasteiger partial charge in [-0.25, -0.2) is 0 Å². The third kappa shape index (κ3) is 3.96. The van der Waals surface area contributed by atoms with Crippen LogP contribution in [0.5, 0.6) is 0 Å². The van der Waals surface area contributed by atoms with E-state index < -0.39 is 5.97 Å². The zero-order chi connectivity index (χ0) is 18.7. The molecule has 1 aromatic rings. The van der Waals surface area contributed by atoms with E-state index in [1.165, 1.54) is 4.90 Å². The fourth-order valence-corrected chi connectivity index (χ4v) is 3.72. The molecule has 0 N–H and O–H groups in total. The number of hydrogen-bond acceptors (Lipinski definition) is 5. The number of imide groups is 1. The van der Waals surface area contributed by atoms with E-state index >= 15 is 0 Å². The van der Waals surface area contributed by atoms with Gasteiger partial charge in [0.2, 0.25) is 11.8 Å². The molecule has 26 heavy (non-hydrogen) atoms. The number of ether oxygens (including phenoxy) is 1. The maximum Gasteiger partial charge on any atom is 0.308 e. The van der Waals surface area contributed by atoms with Crippen LogP contribution in [0.1, 0.15) is 42.5 Å². The first-order valence-electron chi connectivity index (χ1n) is 8.77. The number of fused-ring (bicyclic) bond motifs is 1. The minimum Gasteiger partial charge on any atom is -0.457 e. The molecule has 1 saturated carbocycles. The molecule has 0 unspecified atom stereocenters. The lowest BCUT2D eigenvalue weighted by atomic mass is 9.81. The van der Waals surface area contributed by atoms with Crippen molar-refractivity contribution in [3.05, 3.63) is 34.9 Å². The predicted molar refractivity (Wildman–Crippen MR) is 93.5 cm³/mol. The maximum atomic E-state index is 12.3. The van der Waals surface area contributed by atoms with Gasteiger partial charge >= 0.3 is 5.97 Å². The molecule has 1 aliphatic carbocycles. The molecule has 0 radical (unpaired) electrons. The van der Waals surface area contributed by atoms with Gasteiger partial charge in [-0.05, 0) is 37.1 Å². The Bertz CT molecular complexity index is 706. The highest BCUT2D eigenvalue weighted by Crippen LogP contribution is 2.37. The summed E-state index contributed by atoms with van der Waals surface area (Å²) in [6.45, 7) is -0.369. The van der Waals surface area contributed by atoms with Crippen molar-refractivity contribution in [2.45, 2.75) is 32.1 Å². The normalized spacial score (nSPS) is 22.3. The van der Waals surface area contributed by atoms with Gasteiger partial charge in [0.05, 0.1) is 18.3 Å². The number of benzene rings is 1. The van der Waals surface area contributed by atoms with Gasteiger partial charge in [-0.15, -0.1) is 0 Å². The molecular weight excluding hydrogens is 358 g/mol. The van der Waals surface area contributed by atoms with Gasteiger partial charge in [-0.3, -0.25) is 24.1 Å². The second-order valence-corrected chi connectivity index (χ2v) is 7.10. The second kappa shape index (κ2) is 7.99. The molecule has 2 amide bonds. The van der Waals surface area contributed by atoms with Gasteiger partial charge in [0, 0.05) is 17.1 Å². The summed E-state index contributed by atoms with van der Waals surface area (Å²) < 4.78 is 4.97. The lowest BCUT2D eigenvalue weighted by molar-refractivity contribution is -0.145. The summed E-state index contributed by atoms with van der Waals surface area (Å²) in [6.07, 6.45) is 3.30. The Labute approximate surface area is 156 Å². The standard InChI is InChI=1S/C19H20ClNO5/c20-13-7-5-12(6-8-13)16(22)11-26-17(23)9-10-21-18(24)14-3-1-2-4-15(14)19(21)25/h5-8,14-15H,1-4,9-11H2/t14-,15+. The summed E-state index contributed by atoms with van der Waals surface area (Å²) in [7, 11) is 0. The highest BCUT2D eigenvalue weighted by molar-refractivity contribution is 6.30. The molecule has 2 fully saturated rings. The number of ketones is 1. The molecule has 7 heteroatoms. The quantitative estimate of drug-likeness (QED) is 0.432. The second-order valence-electron chi connectivity index (χ2n) is 6.67. The molecule has 0 aromatic heterocycles. The molecule has 6 nitrogen and oxygen atoms in total. The summed E-state index contributed by atoms with van der Waals surface area (Å²) in [5.74, 6) is -1.75. The minimum atomic E-state index is -0.609. The summed E-state index contributed by atoms with van der Waals surface area (Å²) in [6, 6.07) is 6.28. The maximum absolute atomic E-state index is 12.3. The smallest absolute Gasteiger partial charge is 0.308 e. The number of nitrogens with zero attached hydrogens (tertiary/aromatic N) is 1. The largest absolute Gasteiger partial charge is 0.457 e. The van der Waals surface area contributed by atoms with Gasteiger partial charge in [0.25, 0.3) is 0 Å². The summed E-state index contributed by atoms with van der Waals surface area (Å²) in [5.41, 5.74) is 0.399. The van der Waals surface area contributed by atoms with E-state index in [9.17, 15) is 19.2 Å². The summed E-state index contributed by atoms with van der Waals surface area (Å²) in [5, 5.41) is 0.513. The van der Waals surface area contributed by atoms with Crippen LogP contribution < -0.4 is 0 Å². The van der Waals surface area contributed by atoms with Crippen molar-refractivity contribution in [1.82, 2.24) is 4.90 Å². The van der Waals surface area contributed by atoms with E-state index in [2.05, 4.69) is 0 Å². The van der Waals surface area contributed by atoms with Gasteiger partial charge in [0.15, 0.2) is 12.4 Å². The predicted octanol–water partition coefficient (Wildman–Crippen LogP) is 2.63. The van der Waals surface area contributed by atoms with Gasteiger partial charge in [0.1, 0.15) is 0 Å². The lowest BCUT2D eigenvalue weighted by Crippen LogP contribution is -2.33. The van der Waals surface area contributed by atoms with Crippen molar-refractivity contribution in [3.8, 4) is 0 Å². The van der Waals surface area contributed by atoms with Crippen molar-refractivity contribution in [2.24, 2.45) is 11.8 Å². The Morgan fingerprint density at radius 1 is 1.04 bits per heavy atom. The van der Waals surface area contributed by atoms with E-state index in [0.717, 1.165) is 25.7 Å². The molecular formula is C19H20ClNO5. The average molecular weight is 378 g/mol. The van der Waals surface area contributed by atoms with E-state index in [1.54, 1.807) is 24.3 Å². The number of amides is 2. The molecule has 138 valence electrons. The molecule has 0 spiro atoms. The Balaban J connectivity index is 1.47. The molecule has 2 atom stereocenters. The van der Waals surface area contributed by atoms with Crippen molar-refractivity contribution < 1.29 is 23.9 Å². The average Bonchev–Trinajstić information content (AvgIpc) is 2.89. The van der Waals surface area contributed by atoms with Crippen LogP contribution in [0.25, 0.3) is 0 Å². The van der Waals surface area contributed by atoms with Crippen LogP contribution in [0.3, 0.4) is 0 Å². The Morgan fingerprint density at radius 3 is 2.19 bits per heavy atom. The fraction of sp³-hybridized carbons (Fsp3) is 0.474. The van der Waals surface area contributed by atoms with E-state index in [1.807, 2.05) is 0 Å². The molecule has 3 rings (SSSR count). The van der Waals surface area contributed by atoms with Crippen LogP contribution in [0.2, 0.25) is 5.02 Å². The lowest BCUT2D eigenvalue weighted by Gasteiger charge is -2.19. The number of hydrogen-bond donors (Lipinski definition) is 0. The third-order valence-corrected chi connectivity index (χ3v) is 5.25. The Hall–Kier alpha value is -2.21. The highest BCUT2D eigenvalue weighted by atomic mass is 35.5. The van der Waals surface area contributed by atoms with Crippen LogP contribution in [0.15, 0.2) is 24.3 Å². The van der Waals surface area contributed by atoms with E-state index in [4.69, 9.17) is 16.3 Å². The van der Waals surface area contributed by atoms with E-state index in [-0.39, 0.29) is 49.0 Å². The zero-order valence-corrected chi connectivity index (χ0v) is 15.0. The van der Waals surface area contributed by atoms with Crippen LogP contribution >= 0.6 is 11.6 Å². The van der Waals surface area contributed by atoms with Gasteiger partial charge in [-0.2, -0.15) is 0 Å². The number of likely N-dealkylation sites (tertiary alicyclic amines) is 1. The topological polar surface area (TPSA) is 80.8 Å². The first-order chi connectivity index (χ1) is 12.5. The van der Waals surface area contributed by atoms with Crippen molar-refractivity contribution in [2.75, 3.05) is 13.2 Å². The van der Waals surface area contributed by atoms with Gasteiger partial charge < -0.3 is 4.74 Å². The minimum absolute atomic E-state index is 0.0125.